The van der Waals surface area contributed by atoms with Crippen LogP contribution in [0.1, 0.15) is 33.6 Å². The maximum Gasteiger partial charge on any atom is 0.0954 e. The van der Waals surface area contributed by atoms with Crippen LogP contribution >= 0.6 is 27.3 Å². The molecule has 17 heavy (non-hydrogen) atoms. The minimum Gasteiger partial charge on any atom is -0.387 e. The lowest BCUT2D eigenvalue weighted by atomic mass is 9.74. The topological polar surface area (TPSA) is 20.2 Å². The Kier molecular flexibility index (Phi) is 2.85. The Bertz CT molecular complexity index is 542. The Morgan fingerprint density at radius 3 is 2.82 bits per heavy atom. The fraction of sp³-hybridized carbons (Fsp3) is 0.286. The molecule has 2 unspecified atom stereocenters. The van der Waals surface area contributed by atoms with Gasteiger partial charge in [-0.3, -0.25) is 0 Å². The Labute approximate surface area is 113 Å². The van der Waals surface area contributed by atoms with E-state index in [2.05, 4.69) is 47.1 Å². The molecule has 0 amide bonds. The molecular formula is C14H13BrOS. The molecule has 2 aromatic rings. The summed E-state index contributed by atoms with van der Waals surface area (Å²) in [5.74, 6) is 0.274. The van der Waals surface area contributed by atoms with Crippen molar-refractivity contribution in [3.8, 4) is 0 Å². The molecule has 0 saturated carbocycles. The maximum absolute atomic E-state index is 10.4. The third kappa shape index (κ3) is 1.86. The van der Waals surface area contributed by atoms with Crippen LogP contribution in [0.3, 0.4) is 0 Å². The summed E-state index contributed by atoms with van der Waals surface area (Å²) >= 11 is 5.15. The lowest BCUT2D eigenvalue weighted by molar-refractivity contribution is 0.138. The minimum absolute atomic E-state index is 0.274. The summed E-state index contributed by atoms with van der Waals surface area (Å²) in [6, 6.07) is 10.5. The van der Waals surface area contributed by atoms with Gasteiger partial charge in [0.15, 0.2) is 0 Å². The summed E-state index contributed by atoms with van der Waals surface area (Å²) in [5, 5.41) is 10.4. The van der Waals surface area contributed by atoms with E-state index in [4.69, 9.17) is 0 Å². The summed E-state index contributed by atoms with van der Waals surface area (Å²) < 4.78 is 1.12. The van der Waals surface area contributed by atoms with Crippen molar-refractivity contribution in [2.24, 2.45) is 0 Å². The number of aliphatic hydroxyl groups excluding tert-OH is 1. The van der Waals surface area contributed by atoms with Crippen LogP contribution in [0.2, 0.25) is 0 Å². The molecule has 88 valence electrons. The van der Waals surface area contributed by atoms with Crippen molar-refractivity contribution in [2.45, 2.75) is 25.4 Å². The molecular weight excluding hydrogens is 296 g/mol. The van der Waals surface area contributed by atoms with Crippen LogP contribution in [0.5, 0.6) is 0 Å². The Morgan fingerprint density at radius 1 is 1.41 bits per heavy atom. The van der Waals surface area contributed by atoms with E-state index < -0.39 is 0 Å². The zero-order valence-electron chi connectivity index (χ0n) is 9.48. The Hall–Kier alpha value is -0.640. The van der Waals surface area contributed by atoms with Crippen molar-refractivity contribution < 1.29 is 5.11 Å². The van der Waals surface area contributed by atoms with Crippen LogP contribution in [0.25, 0.3) is 0 Å². The van der Waals surface area contributed by atoms with Gasteiger partial charge in [0.25, 0.3) is 0 Å². The molecule has 0 fully saturated rings. The first-order valence-corrected chi connectivity index (χ1v) is 7.29. The van der Waals surface area contributed by atoms with Crippen molar-refractivity contribution in [1.82, 2.24) is 0 Å². The molecule has 1 aliphatic rings. The number of thiophene rings is 1. The Balaban J connectivity index is 1.88. The SMILES string of the molecule is Cc1cc(C(O)C2Cc3ccccc32)sc1Br. The monoisotopic (exact) mass is 308 g/mol. The quantitative estimate of drug-likeness (QED) is 0.882. The molecule has 0 radical (unpaired) electrons. The minimum atomic E-state index is -0.361. The molecule has 1 nitrogen and oxygen atoms in total. The van der Waals surface area contributed by atoms with Crippen LogP contribution in [-0.2, 0) is 6.42 Å². The van der Waals surface area contributed by atoms with E-state index in [9.17, 15) is 5.11 Å². The van der Waals surface area contributed by atoms with Gasteiger partial charge in [0.05, 0.1) is 9.89 Å². The van der Waals surface area contributed by atoms with Gasteiger partial charge >= 0.3 is 0 Å². The van der Waals surface area contributed by atoms with Crippen molar-refractivity contribution in [1.29, 1.82) is 0 Å². The van der Waals surface area contributed by atoms with Gasteiger partial charge in [-0.1, -0.05) is 24.3 Å². The second kappa shape index (κ2) is 4.23. The fourth-order valence-electron chi connectivity index (χ4n) is 2.41. The van der Waals surface area contributed by atoms with E-state index in [1.807, 2.05) is 6.07 Å². The number of hydrogen-bond acceptors (Lipinski definition) is 2. The van der Waals surface area contributed by atoms with E-state index in [0.29, 0.717) is 0 Å². The number of rotatable bonds is 2. The van der Waals surface area contributed by atoms with E-state index in [0.717, 1.165) is 15.1 Å². The number of halogens is 1. The van der Waals surface area contributed by atoms with Crippen molar-refractivity contribution in [3.63, 3.8) is 0 Å². The number of hydrogen-bond donors (Lipinski definition) is 1. The normalized spacial score (nSPS) is 19.6. The molecule has 2 atom stereocenters. The van der Waals surface area contributed by atoms with E-state index >= 15 is 0 Å². The van der Waals surface area contributed by atoms with Crippen LogP contribution < -0.4 is 0 Å². The average Bonchev–Trinajstić information content (AvgIpc) is 2.61. The highest BCUT2D eigenvalue weighted by Gasteiger charge is 2.33. The number of aryl methyl sites for hydroxylation is 1. The molecule has 1 aromatic heterocycles. The van der Waals surface area contributed by atoms with Gasteiger partial charge in [-0.05, 0) is 52.0 Å². The molecule has 0 saturated heterocycles. The van der Waals surface area contributed by atoms with Crippen LogP contribution in [0.15, 0.2) is 34.1 Å². The van der Waals surface area contributed by atoms with Crippen molar-refractivity contribution in [3.05, 3.63) is 55.7 Å². The zero-order valence-corrected chi connectivity index (χ0v) is 11.9. The Morgan fingerprint density at radius 2 is 2.18 bits per heavy atom. The van der Waals surface area contributed by atoms with Gasteiger partial charge in [0, 0.05) is 10.8 Å². The molecule has 1 N–H and O–H groups in total. The van der Waals surface area contributed by atoms with Gasteiger partial charge in [-0.2, -0.15) is 0 Å². The average molecular weight is 309 g/mol. The van der Waals surface area contributed by atoms with Crippen LogP contribution in [-0.4, -0.2) is 5.11 Å². The molecule has 1 aromatic carbocycles. The summed E-state index contributed by atoms with van der Waals surface area (Å²) in [6.07, 6.45) is 0.631. The van der Waals surface area contributed by atoms with E-state index in [-0.39, 0.29) is 12.0 Å². The molecule has 0 bridgehead atoms. The van der Waals surface area contributed by atoms with E-state index in [1.54, 1.807) is 11.3 Å². The molecule has 1 aliphatic carbocycles. The summed E-state index contributed by atoms with van der Waals surface area (Å²) in [6.45, 7) is 2.06. The smallest absolute Gasteiger partial charge is 0.0954 e. The van der Waals surface area contributed by atoms with E-state index in [1.165, 1.54) is 16.7 Å². The first kappa shape index (κ1) is 11.5. The second-order valence-corrected chi connectivity index (χ2v) is 6.96. The molecule has 1 heterocycles. The van der Waals surface area contributed by atoms with Crippen molar-refractivity contribution >= 4 is 27.3 Å². The molecule has 3 rings (SSSR count). The second-order valence-electron chi connectivity index (χ2n) is 4.56. The molecule has 0 spiro atoms. The van der Waals surface area contributed by atoms with Gasteiger partial charge in [0.1, 0.15) is 0 Å². The first-order valence-electron chi connectivity index (χ1n) is 5.68. The summed E-state index contributed by atoms with van der Waals surface area (Å²) in [5.41, 5.74) is 3.89. The van der Waals surface area contributed by atoms with Gasteiger partial charge in [-0.15, -0.1) is 11.3 Å². The van der Waals surface area contributed by atoms with Gasteiger partial charge in [0.2, 0.25) is 0 Å². The number of fused-ring (bicyclic) bond motifs is 1. The summed E-state index contributed by atoms with van der Waals surface area (Å²) in [4.78, 5) is 1.06. The highest BCUT2D eigenvalue weighted by atomic mass is 79.9. The van der Waals surface area contributed by atoms with Crippen LogP contribution in [0.4, 0.5) is 0 Å². The predicted molar refractivity (Wildman–Crippen MR) is 74.6 cm³/mol. The van der Waals surface area contributed by atoms with Gasteiger partial charge < -0.3 is 5.11 Å². The molecule has 0 aliphatic heterocycles. The van der Waals surface area contributed by atoms with Crippen molar-refractivity contribution in [2.75, 3.05) is 0 Å². The third-order valence-electron chi connectivity index (χ3n) is 3.44. The number of benzene rings is 1. The summed E-state index contributed by atoms with van der Waals surface area (Å²) in [7, 11) is 0. The zero-order chi connectivity index (χ0) is 12.0. The number of aliphatic hydroxyl groups is 1. The lowest BCUT2D eigenvalue weighted by Gasteiger charge is -2.33. The van der Waals surface area contributed by atoms with Crippen LogP contribution in [0, 0.1) is 6.92 Å². The molecule has 3 heteroatoms. The van der Waals surface area contributed by atoms with Gasteiger partial charge in [-0.25, -0.2) is 0 Å². The highest BCUT2D eigenvalue weighted by molar-refractivity contribution is 9.11. The first-order chi connectivity index (χ1) is 8.16. The highest BCUT2D eigenvalue weighted by Crippen LogP contribution is 2.45. The lowest BCUT2D eigenvalue weighted by Crippen LogP contribution is -2.22. The fourth-order valence-corrected chi connectivity index (χ4v) is 4.03. The third-order valence-corrected chi connectivity index (χ3v) is 5.65. The standard InChI is InChI=1S/C14H13BrOS/c1-8-6-12(17-14(8)15)13(16)11-7-9-4-2-3-5-10(9)11/h2-6,11,13,16H,7H2,1H3. The predicted octanol–water partition coefficient (Wildman–Crippen LogP) is 4.19. The largest absolute Gasteiger partial charge is 0.387 e. The maximum atomic E-state index is 10.4.